The van der Waals surface area contributed by atoms with Gasteiger partial charge in [0.05, 0.1) is 17.0 Å². The molecule has 0 saturated carbocycles. The highest BCUT2D eigenvalue weighted by molar-refractivity contribution is 6.69. The van der Waals surface area contributed by atoms with E-state index in [1.54, 1.807) is 46.8 Å². The third kappa shape index (κ3) is 8.85. The molecule has 2 aromatic rings. The van der Waals surface area contributed by atoms with Gasteiger partial charge in [0.1, 0.15) is 36.7 Å². The Balaban J connectivity index is 2.01. The van der Waals surface area contributed by atoms with Gasteiger partial charge in [-0.3, -0.25) is 19.7 Å². The number of ether oxygens (including phenoxy) is 5. The lowest BCUT2D eigenvalue weighted by Crippen LogP contribution is -2.49. The van der Waals surface area contributed by atoms with Gasteiger partial charge in [-0.25, -0.2) is 14.3 Å². The van der Waals surface area contributed by atoms with E-state index in [0.29, 0.717) is 0 Å². The molecule has 0 radical (unpaired) electrons. The van der Waals surface area contributed by atoms with E-state index in [1.807, 2.05) is 33.5 Å². The summed E-state index contributed by atoms with van der Waals surface area (Å²) in [6.07, 6.45) is -3.08. The summed E-state index contributed by atoms with van der Waals surface area (Å²) in [5.41, 5.74) is -2.23. The number of nitriles is 1. The molecular formula is C31H45N5O10Si. The lowest BCUT2D eigenvalue weighted by atomic mass is 9.92. The lowest BCUT2D eigenvalue weighted by Gasteiger charge is -2.33. The van der Waals surface area contributed by atoms with Crippen LogP contribution in [0.1, 0.15) is 60.6 Å². The number of amides is 1. The molecule has 2 aromatic heterocycles. The molecule has 0 aliphatic carbocycles. The average molecular weight is 676 g/mol. The van der Waals surface area contributed by atoms with Crippen molar-refractivity contribution in [3.63, 3.8) is 0 Å². The van der Waals surface area contributed by atoms with Gasteiger partial charge in [-0.05, 0) is 58.5 Å². The smallest absolute Gasteiger partial charge is 0.415 e. The zero-order valence-corrected chi connectivity index (χ0v) is 29.6. The maximum Gasteiger partial charge on any atom is 0.415 e. The van der Waals surface area contributed by atoms with E-state index in [-0.39, 0.29) is 36.0 Å². The molecule has 1 N–H and O–H groups in total. The molecule has 0 aromatic carbocycles. The molecule has 0 spiro atoms. The Hall–Kier alpha value is -4.07. The number of fused-ring (bicyclic) bond motifs is 1. The van der Waals surface area contributed by atoms with E-state index in [0.717, 1.165) is 6.33 Å². The van der Waals surface area contributed by atoms with Crippen LogP contribution in [0.5, 0.6) is 0 Å². The first kappa shape index (κ1) is 37.4. The summed E-state index contributed by atoms with van der Waals surface area (Å²) in [6, 6.07) is 5.35. The van der Waals surface area contributed by atoms with Crippen LogP contribution in [0.4, 0.5) is 10.6 Å². The van der Waals surface area contributed by atoms with Gasteiger partial charge in [0.25, 0.3) is 0 Å². The van der Waals surface area contributed by atoms with Crippen LogP contribution in [-0.2, 0) is 48.1 Å². The summed E-state index contributed by atoms with van der Waals surface area (Å²) in [6.45, 7) is 17.0. The number of nitrogens with one attached hydrogen (secondary N) is 1. The molecule has 1 saturated heterocycles. The first-order valence-corrected chi connectivity index (χ1v) is 18.8. The molecule has 1 aliphatic heterocycles. The number of nitrogens with zero attached hydrogens (tertiary/aromatic N) is 4. The number of carbonyl (C=O) groups is 4. The van der Waals surface area contributed by atoms with Crippen molar-refractivity contribution in [2.75, 3.05) is 18.7 Å². The van der Waals surface area contributed by atoms with Crippen molar-refractivity contribution in [2.24, 2.45) is 17.3 Å². The summed E-state index contributed by atoms with van der Waals surface area (Å²) >= 11 is 0. The average Bonchev–Trinajstić information content (AvgIpc) is 3.54. The summed E-state index contributed by atoms with van der Waals surface area (Å²) in [7, 11) is -2.46. The van der Waals surface area contributed by atoms with Crippen LogP contribution in [0.15, 0.2) is 18.5 Å². The molecule has 3 rings (SSSR count). The monoisotopic (exact) mass is 675 g/mol. The van der Waals surface area contributed by atoms with Crippen LogP contribution < -0.4 is 5.32 Å². The van der Waals surface area contributed by atoms with Crippen molar-refractivity contribution < 1.29 is 47.3 Å². The van der Waals surface area contributed by atoms with E-state index in [1.165, 1.54) is 4.52 Å². The third-order valence-electron chi connectivity index (χ3n) is 7.41. The topological polar surface area (TPSA) is 190 Å². The van der Waals surface area contributed by atoms with E-state index in [9.17, 15) is 24.4 Å². The number of hydrogen-bond donors (Lipinski definition) is 1. The molecule has 15 nitrogen and oxygen atoms in total. The minimum atomic E-state index is -2.46. The Morgan fingerprint density at radius 1 is 1.13 bits per heavy atom. The number of esters is 3. The number of hydrogen-bond acceptors (Lipinski definition) is 13. The first-order chi connectivity index (χ1) is 21.8. The van der Waals surface area contributed by atoms with E-state index < -0.39 is 74.4 Å². The Morgan fingerprint density at radius 3 is 2.38 bits per heavy atom. The van der Waals surface area contributed by atoms with Gasteiger partial charge in [-0.2, -0.15) is 10.4 Å². The predicted octanol–water partition coefficient (Wildman–Crippen LogP) is 4.32. The second-order valence-corrected chi connectivity index (χ2v) is 18.1. The maximum absolute atomic E-state index is 12.8. The van der Waals surface area contributed by atoms with E-state index >= 15 is 0 Å². The van der Waals surface area contributed by atoms with Crippen molar-refractivity contribution in [3.05, 3.63) is 24.2 Å². The highest BCUT2D eigenvalue weighted by atomic mass is 28.4. The molecule has 258 valence electrons. The van der Waals surface area contributed by atoms with Gasteiger partial charge in [-0.15, -0.1) is 0 Å². The molecule has 47 heavy (non-hydrogen) atoms. The summed E-state index contributed by atoms with van der Waals surface area (Å²) in [4.78, 5) is 54.1. The van der Waals surface area contributed by atoms with Crippen LogP contribution in [-0.4, -0.2) is 78.6 Å². The minimum Gasteiger partial charge on any atom is -0.463 e. The Labute approximate surface area is 275 Å². The highest BCUT2D eigenvalue weighted by Crippen LogP contribution is 2.45. The van der Waals surface area contributed by atoms with Crippen LogP contribution in [0, 0.1) is 28.6 Å². The predicted molar refractivity (Wildman–Crippen MR) is 169 cm³/mol. The van der Waals surface area contributed by atoms with Crippen molar-refractivity contribution in [1.29, 1.82) is 5.26 Å². The molecule has 3 heterocycles. The molecular weight excluding hydrogens is 630 g/mol. The maximum atomic E-state index is 12.8. The van der Waals surface area contributed by atoms with Crippen molar-refractivity contribution in [2.45, 2.75) is 98.4 Å². The van der Waals surface area contributed by atoms with E-state index in [2.05, 4.69) is 21.5 Å². The SMILES string of the molecule is CCC(=O)O[C@H]1[C@@H](O[Si](C)(C)C)[C@](C#N)(c2ccc3c(NC(=O)OCOC(=O)C(C)(C)C)ncnn23)O[C@@H]1COC(=O)[C@@H](C)C(C)C. The first-order valence-electron chi connectivity index (χ1n) is 15.4. The normalized spacial score (nSPS) is 22.0. The van der Waals surface area contributed by atoms with Crippen LogP contribution in [0.3, 0.4) is 0 Å². The molecule has 5 atom stereocenters. The summed E-state index contributed by atoms with van der Waals surface area (Å²) < 4.78 is 35.7. The lowest BCUT2D eigenvalue weighted by molar-refractivity contribution is -0.162. The summed E-state index contributed by atoms with van der Waals surface area (Å²) in [5, 5.41) is 17.6. The highest BCUT2D eigenvalue weighted by Gasteiger charge is 2.62. The molecule has 1 fully saturated rings. The van der Waals surface area contributed by atoms with Crippen molar-refractivity contribution in [1.82, 2.24) is 14.6 Å². The molecule has 1 aliphatic rings. The number of anilines is 1. The zero-order valence-electron chi connectivity index (χ0n) is 28.6. The van der Waals surface area contributed by atoms with Gasteiger partial charge in [-0.1, -0.05) is 27.7 Å². The van der Waals surface area contributed by atoms with Crippen LogP contribution in [0.25, 0.3) is 5.52 Å². The Kier molecular flexibility index (Phi) is 11.8. The van der Waals surface area contributed by atoms with Gasteiger partial charge in [0.2, 0.25) is 12.4 Å². The second-order valence-electron chi connectivity index (χ2n) is 13.6. The van der Waals surface area contributed by atoms with Gasteiger partial charge < -0.3 is 28.1 Å². The van der Waals surface area contributed by atoms with Crippen molar-refractivity contribution >= 4 is 43.7 Å². The number of rotatable bonds is 12. The molecule has 16 heteroatoms. The molecule has 0 bridgehead atoms. The fourth-order valence-electron chi connectivity index (χ4n) is 4.55. The Bertz CT molecular complexity index is 1510. The van der Waals surface area contributed by atoms with Gasteiger partial charge in [0, 0.05) is 6.42 Å². The fraction of sp³-hybridized carbons (Fsp3) is 0.645. The fourth-order valence-corrected chi connectivity index (χ4v) is 5.61. The largest absolute Gasteiger partial charge is 0.463 e. The third-order valence-corrected chi connectivity index (χ3v) is 8.37. The Morgan fingerprint density at radius 2 is 1.81 bits per heavy atom. The number of carbonyl (C=O) groups excluding carboxylic acids is 4. The number of aromatic nitrogens is 3. The van der Waals surface area contributed by atoms with Crippen LogP contribution >= 0.6 is 0 Å². The van der Waals surface area contributed by atoms with Crippen molar-refractivity contribution in [3.8, 4) is 6.07 Å². The quantitative estimate of drug-likeness (QED) is 0.145. The minimum absolute atomic E-state index is 0.0206. The summed E-state index contributed by atoms with van der Waals surface area (Å²) in [5.74, 6) is -1.93. The molecule has 0 unspecified atom stereocenters. The zero-order chi connectivity index (χ0) is 35.3. The molecule has 1 amide bonds. The van der Waals surface area contributed by atoms with E-state index in [4.69, 9.17) is 28.1 Å². The van der Waals surface area contributed by atoms with Gasteiger partial charge in [0.15, 0.2) is 20.2 Å². The van der Waals surface area contributed by atoms with Gasteiger partial charge >= 0.3 is 24.0 Å². The second kappa shape index (κ2) is 14.8. The van der Waals surface area contributed by atoms with Crippen LogP contribution in [0.2, 0.25) is 19.6 Å². The standard InChI is InChI=1S/C31H45N5O10Si/c1-11-23(37)44-24-21(14-41-27(38)19(4)18(2)3)45-31(15-32,25(24)46-47(8,9)10)22-13-12-20-26(33-16-34-36(20)22)35-29(40)43-17-42-28(39)30(5,6)7/h12-13,16,18-19,21,24-25H,11,14,17H2,1-10H3,(H,33,34,35,40)/t19-,21+,24+,25+,31-/m0/s1.